The van der Waals surface area contributed by atoms with E-state index in [-0.39, 0.29) is 17.0 Å². The zero-order valence-corrected chi connectivity index (χ0v) is 13.3. The van der Waals surface area contributed by atoms with Gasteiger partial charge in [-0.2, -0.15) is 0 Å². The summed E-state index contributed by atoms with van der Waals surface area (Å²) < 4.78 is 0. The summed E-state index contributed by atoms with van der Waals surface area (Å²) in [6.45, 7) is 4.80. The second-order valence-electron chi connectivity index (χ2n) is 6.51. The molecule has 0 unspecified atom stereocenters. The number of carbonyl (C=O) groups excluding carboxylic acids is 1. The number of aryl methyl sites for hydroxylation is 2. The molecule has 120 valence electrons. The van der Waals surface area contributed by atoms with E-state index in [2.05, 4.69) is 22.1 Å². The first-order valence-corrected chi connectivity index (χ1v) is 8.42. The van der Waals surface area contributed by atoms with Gasteiger partial charge in [-0.05, 0) is 57.2 Å². The minimum absolute atomic E-state index is 0.249. The fraction of sp³-hybridized carbons (Fsp3) is 0.647. The standard InChI is InChI=1S/C17H25N3O2/c1-12-5-2-3-9-20(12)10-8-18-16(21)14-11-13-6-4-7-15(13)19-17(14)22/h11-12H,2-10H2,1H3,(H,18,21)(H,19,22)/t12-/m0/s1. The van der Waals surface area contributed by atoms with Gasteiger partial charge in [0.05, 0.1) is 0 Å². The van der Waals surface area contributed by atoms with Gasteiger partial charge < -0.3 is 10.3 Å². The van der Waals surface area contributed by atoms with Crippen molar-refractivity contribution in [1.29, 1.82) is 0 Å². The van der Waals surface area contributed by atoms with Gasteiger partial charge in [-0.1, -0.05) is 6.42 Å². The molecule has 0 saturated carbocycles. The zero-order valence-electron chi connectivity index (χ0n) is 13.3. The first kappa shape index (κ1) is 15.3. The third-order valence-corrected chi connectivity index (χ3v) is 4.96. The number of hydrogen-bond acceptors (Lipinski definition) is 3. The lowest BCUT2D eigenvalue weighted by Crippen LogP contribution is -2.43. The average molecular weight is 303 g/mol. The predicted molar refractivity (Wildman–Crippen MR) is 86.3 cm³/mol. The van der Waals surface area contributed by atoms with Crippen molar-refractivity contribution in [3.8, 4) is 0 Å². The molecular weight excluding hydrogens is 278 g/mol. The molecule has 3 rings (SSSR count). The lowest BCUT2D eigenvalue weighted by atomic mass is 10.0. The smallest absolute Gasteiger partial charge is 0.261 e. The summed E-state index contributed by atoms with van der Waals surface area (Å²) in [4.78, 5) is 29.5. The molecule has 5 nitrogen and oxygen atoms in total. The van der Waals surface area contributed by atoms with Gasteiger partial charge in [0.2, 0.25) is 0 Å². The molecule has 2 heterocycles. The maximum Gasteiger partial charge on any atom is 0.261 e. The average Bonchev–Trinajstić information content (AvgIpc) is 2.95. The van der Waals surface area contributed by atoms with E-state index in [1.807, 2.05) is 0 Å². The van der Waals surface area contributed by atoms with Crippen molar-refractivity contribution < 1.29 is 4.79 Å². The van der Waals surface area contributed by atoms with E-state index in [0.29, 0.717) is 12.6 Å². The van der Waals surface area contributed by atoms with Crippen LogP contribution in [0.1, 0.15) is 54.2 Å². The summed E-state index contributed by atoms with van der Waals surface area (Å²) >= 11 is 0. The highest BCUT2D eigenvalue weighted by Crippen LogP contribution is 2.19. The van der Waals surface area contributed by atoms with Crippen molar-refractivity contribution in [2.24, 2.45) is 0 Å². The number of amides is 1. The van der Waals surface area contributed by atoms with Gasteiger partial charge in [0.15, 0.2) is 0 Å². The predicted octanol–water partition coefficient (Wildman–Crippen LogP) is 1.47. The highest BCUT2D eigenvalue weighted by molar-refractivity contribution is 5.94. The summed E-state index contributed by atoms with van der Waals surface area (Å²) in [5.74, 6) is -0.249. The molecule has 22 heavy (non-hydrogen) atoms. The number of rotatable bonds is 4. The summed E-state index contributed by atoms with van der Waals surface area (Å²) in [7, 11) is 0. The lowest BCUT2D eigenvalue weighted by Gasteiger charge is -2.33. The lowest BCUT2D eigenvalue weighted by molar-refractivity contribution is 0.0937. The first-order valence-electron chi connectivity index (χ1n) is 8.42. The van der Waals surface area contributed by atoms with E-state index in [1.54, 1.807) is 6.07 Å². The molecule has 1 saturated heterocycles. The van der Waals surface area contributed by atoms with Gasteiger partial charge in [0, 0.05) is 24.8 Å². The van der Waals surface area contributed by atoms with Crippen molar-refractivity contribution in [3.05, 3.63) is 33.2 Å². The highest BCUT2D eigenvalue weighted by Gasteiger charge is 2.20. The summed E-state index contributed by atoms with van der Waals surface area (Å²) in [6, 6.07) is 2.37. The Hall–Kier alpha value is -1.62. The Bertz CT molecular complexity index is 608. The van der Waals surface area contributed by atoms with Crippen molar-refractivity contribution in [1.82, 2.24) is 15.2 Å². The van der Waals surface area contributed by atoms with Gasteiger partial charge in [0.1, 0.15) is 5.56 Å². The minimum atomic E-state index is -0.260. The van der Waals surface area contributed by atoms with E-state index < -0.39 is 0 Å². The number of likely N-dealkylation sites (tertiary alicyclic amines) is 1. The van der Waals surface area contributed by atoms with Crippen LogP contribution in [0.2, 0.25) is 0 Å². The summed E-state index contributed by atoms with van der Waals surface area (Å²) in [5, 5.41) is 2.90. The Morgan fingerprint density at radius 1 is 1.36 bits per heavy atom. The normalized spacial score (nSPS) is 21.6. The summed E-state index contributed by atoms with van der Waals surface area (Å²) in [6.07, 6.45) is 6.70. The molecule has 1 aromatic heterocycles. The Morgan fingerprint density at radius 3 is 3.05 bits per heavy atom. The number of pyridine rings is 1. The van der Waals surface area contributed by atoms with Crippen LogP contribution in [-0.2, 0) is 12.8 Å². The molecule has 1 amide bonds. The Balaban J connectivity index is 1.57. The maximum atomic E-state index is 12.2. The van der Waals surface area contributed by atoms with Crippen LogP contribution >= 0.6 is 0 Å². The van der Waals surface area contributed by atoms with Crippen molar-refractivity contribution >= 4 is 5.91 Å². The number of aromatic amines is 1. The number of piperidine rings is 1. The van der Waals surface area contributed by atoms with Crippen LogP contribution in [0.5, 0.6) is 0 Å². The SMILES string of the molecule is C[C@H]1CCCCN1CCNC(=O)c1cc2c([nH]c1=O)CCC2. The minimum Gasteiger partial charge on any atom is -0.351 e. The molecule has 2 aliphatic rings. The number of nitrogens with one attached hydrogen (secondary N) is 2. The molecule has 5 heteroatoms. The van der Waals surface area contributed by atoms with Crippen LogP contribution in [-0.4, -0.2) is 41.5 Å². The van der Waals surface area contributed by atoms with E-state index in [0.717, 1.165) is 43.6 Å². The molecule has 0 aromatic carbocycles. The van der Waals surface area contributed by atoms with Crippen LogP contribution in [0.4, 0.5) is 0 Å². The fourth-order valence-corrected chi connectivity index (χ4v) is 3.58. The van der Waals surface area contributed by atoms with Gasteiger partial charge in [-0.25, -0.2) is 0 Å². The molecule has 2 N–H and O–H groups in total. The third kappa shape index (κ3) is 3.24. The van der Waals surface area contributed by atoms with E-state index in [4.69, 9.17) is 0 Å². The molecule has 0 spiro atoms. The second kappa shape index (κ2) is 6.65. The number of carbonyl (C=O) groups is 1. The molecule has 1 atom stereocenters. The number of fused-ring (bicyclic) bond motifs is 1. The Morgan fingerprint density at radius 2 is 2.23 bits per heavy atom. The van der Waals surface area contributed by atoms with Crippen LogP contribution in [0.25, 0.3) is 0 Å². The fourth-order valence-electron chi connectivity index (χ4n) is 3.58. The van der Waals surface area contributed by atoms with Gasteiger partial charge >= 0.3 is 0 Å². The Kier molecular flexibility index (Phi) is 4.62. The molecule has 0 bridgehead atoms. The maximum absolute atomic E-state index is 12.2. The van der Waals surface area contributed by atoms with Crippen molar-refractivity contribution in [3.63, 3.8) is 0 Å². The first-order chi connectivity index (χ1) is 10.6. The van der Waals surface area contributed by atoms with Crippen LogP contribution in [0.15, 0.2) is 10.9 Å². The Labute approximate surface area is 131 Å². The number of H-pyrrole nitrogens is 1. The second-order valence-corrected chi connectivity index (χ2v) is 6.51. The van der Waals surface area contributed by atoms with Crippen LogP contribution in [0.3, 0.4) is 0 Å². The van der Waals surface area contributed by atoms with Gasteiger partial charge in [-0.15, -0.1) is 0 Å². The molecule has 0 radical (unpaired) electrons. The largest absolute Gasteiger partial charge is 0.351 e. The number of aromatic nitrogens is 1. The highest BCUT2D eigenvalue weighted by atomic mass is 16.2. The van der Waals surface area contributed by atoms with E-state index >= 15 is 0 Å². The third-order valence-electron chi connectivity index (χ3n) is 4.96. The number of hydrogen-bond donors (Lipinski definition) is 2. The van der Waals surface area contributed by atoms with Crippen LogP contribution < -0.4 is 10.9 Å². The monoisotopic (exact) mass is 303 g/mol. The topological polar surface area (TPSA) is 65.2 Å². The van der Waals surface area contributed by atoms with Crippen molar-refractivity contribution in [2.45, 2.75) is 51.5 Å². The van der Waals surface area contributed by atoms with E-state index in [9.17, 15) is 9.59 Å². The van der Waals surface area contributed by atoms with Gasteiger partial charge in [-0.3, -0.25) is 14.5 Å². The molecule has 1 aliphatic heterocycles. The van der Waals surface area contributed by atoms with E-state index in [1.165, 1.54) is 19.3 Å². The molecule has 1 aliphatic carbocycles. The van der Waals surface area contributed by atoms with Crippen LogP contribution in [0, 0.1) is 0 Å². The summed E-state index contributed by atoms with van der Waals surface area (Å²) in [5.41, 5.74) is 2.12. The number of nitrogens with zero attached hydrogens (tertiary/aromatic N) is 1. The molecule has 1 fully saturated rings. The zero-order chi connectivity index (χ0) is 15.5. The van der Waals surface area contributed by atoms with Crippen molar-refractivity contribution in [2.75, 3.05) is 19.6 Å². The molecule has 1 aromatic rings. The quantitative estimate of drug-likeness (QED) is 0.885. The van der Waals surface area contributed by atoms with Gasteiger partial charge in [0.25, 0.3) is 11.5 Å². The molecular formula is C17H25N3O2.